The third kappa shape index (κ3) is 2.75. The van der Waals surface area contributed by atoms with Crippen molar-refractivity contribution in [1.29, 1.82) is 0 Å². The molecular formula is C14H25N3O3. The number of nitrogens with two attached hydrogens (primary N) is 1. The molecule has 3 N–H and O–H groups in total. The molecule has 1 amide bonds. The Balaban J connectivity index is 2.00. The standard InChI is InChI=1S/C14H25N3O3/c1-10-7-14(8-10,12(15)16-19)13(18)17(2)9-11-5-3-4-6-20-11/h10-11,19H,3-9H2,1-2H3,(H2,15,16). The van der Waals surface area contributed by atoms with Gasteiger partial charge in [-0.3, -0.25) is 4.79 Å². The molecule has 114 valence electrons. The number of hydrogen-bond acceptors (Lipinski definition) is 4. The fourth-order valence-electron chi connectivity index (χ4n) is 3.42. The molecule has 0 radical (unpaired) electrons. The maximum atomic E-state index is 12.7. The minimum Gasteiger partial charge on any atom is -0.409 e. The van der Waals surface area contributed by atoms with Crippen LogP contribution in [0.3, 0.4) is 0 Å². The van der Waals surface area contributed by atoms with Crippen molar-refractivity contribution in [3.63, 3.8) is 0 Å². The second kappa shape index (κ2) is 5.99. The second-order valence-corrected chi connectivity index (χ2v) is 6.26. The normalized spacial score (nSPS) is 34.4. The van der Waals surface area contributed by atoms with Gasteiger partial charge in [0.25, 0.3) is 0 Å². The number of amides is 1. The van der Waals surface area contributed by atoms with Crippen LogP contribution in [0, 0.1) is 11.3 Å². The van der Waals surface area contributed by atoms with Crippen molar-refractivity contribution in [2.75, 3.05) is 20.2 Å². The zero-order valence-electron chi connectivity index (χ0n) is 12.3. The van der Waals surface area contributed by atoms with Gasteiger partial charge in [0.15, 0.2) is 5.84 Å². The van der Waals surface area contributed by atoms with E-state index in [2.05, 4.69) is 12.1 Å². The van der Waals surface area contributed by atoms with Crippen LogP contribution in [0.15, 0.2) is 5.16 Å². The van der Waals surface area contributed by atoms with Gasteiger partial charge in [0, 0.05) is 20.2 Å². The maximum absolute atomic E-state index is 12.7. The number of rotatable bonds is 4. The molecule has 0 aromatic carbocycles. The molecule has 1 aliphatic heterocycles. The summed E-state index contributed by atoms with van der Waals surface area (Å²) in [6, 6.07) is 0. The van der Waals surface area contributed by atoms with E-state index in [1.54, 1.807) is 11.9 Å². The molecule has 6 nitrogen and oxygen atoms in total. The Hall–Kier alpha value is -1.30. The van der Waals surface area contributed by atoms with Gasteiger partial charge in [-0.1, -0.05) is 12.1 Å². The minimum absolute atomic E-state index is 0.0389. The first-order valence-corrected chi connectivity index (χ1v) is 7.35. The zero-order valence-corrected chi connectivity index (χ0v) is 12.3. The lowest BCUT2D eigenvalue weighted by atomic mass is 9.61. The Morgan fingerprint density at radius 1 is 1.50 bits per heavy atom. The van der Waals surface area contributed by atoms with Crippen LogP contribution in [0.25, 0.3) is 0 Å². The van der Waals surface area contributed by atoms with Gasteiger partial charge in [0.05, 0.1) is 6.10 Å². The van der Waals surface area contributed by atoms with Crippen molar-refractivity contribution in [2.45, 2.75) is 45.1 Å². The molecule has 1 saturated heterocycles. The van der Waals surface area contributed by atoms with Crippen molar-refractivity contribution in [3.05, 3.63) is 0 Å². The van der Waals surface area contributed by atoms with E-state index in [1.165, 1.54) is 0 Å². The zero-order chi connectivity index (χ0) is 14.8. The number of carbonyl (C=O) groups excluding carboxylic acids is 1. The highest BCUT2D eigenvalue weighted by Crippen LogP contribution is 2.47. The number of nitrogens with zero attached hydrogens (tertiary/aromatic N) is 2. The molecule has 2 rings (SSSR count). The molecule has 0 aromatic rings. The lowest BCUT2D eigenvalue weighted by molar-refractivity contribution is -0.145. The molecule has 1 aliphatic carbocycles. The predicted molar refractivity (Wildman–Crippen MR) is 75.5 cm³/mol. The third-order valence-electron chi connectivity index (χ3n) is 4.50. The highest BCUT2D eigenvalue weighted by molar-refractivity contribution is 6.07. The summed E-state index contributed by atoms with van der Waals surface area (Å²) in [5.41, 5.74) is 4.96. The highest BCUT2D eigenvalue weighted by atomic mass is 16.5. The molecule has 6 heteroatoms. The molecule has 1 heterocycles. The van der Waals surface area contributed by atoms with E-state index in [9.17, 15) is 4.79 Å². The molecular weight excluding hydrogens is 258 g/mol. The predicted octanol–water partition coefficient (Wildman–Crippen LogP) is 1.18. The number of ether oxygens (including phenoxy) is 1. The van der Waals surface area contributed by atoms with Crippen LogP contribution >= 0.6 is 0 Å². The summed E-state index contributed by atoms with van der Waals surface area (Å²) in [6.07, 6.45) is 4.65. The van der Waals surface area contributed by atoms with Crippen molar-refractivity contribution in [1.82, 2.24) is 4.90 Å². The van der Waals surface area contributed by atoms with Gasteiger partial charge in [-0.25, -0.2) is 0 Å². The number of likely N-dealkylation sites (N-methyl/N-ethyl adjacent to an activating group) is 1. The highest BCUT2D eigenvalue weighted by Gasteiger charge is 2.53. The summed E-state index contributed by atoms with van der Waals surface area (Å²) in [6.45, 7) is 3.42. The van der Waals surface area contributed by atoms with Crippen LogP contribution in [0.2, 0.25) is 0 Å². The van der Waals surface area contributed by atoms with Crippen LogP contribution in [0.1, 0.15) is 39.0 Å². The number of carbonyl (C=O) groups is 1. The summed E-state index contributed by atoms with van der Waals surface area (Å²) < 4.78 is 5.67. The molecule has 0 spiro atoms. The molecule has 1 atom stereocenters. The molecule has 0 aromatic heterocycles. The fourth-order valence-corrected chi connectivity index (χ4v) is 3.42. The Kier molecular flexibility index (Phi) is 4.52. The van der Waals surface area contributed by atoms with E-state index < -0.39 is 5.41 Å². The van der Waals surface area contributed by atoms with Crippen LogP contribution in [-0.4, -0.2) is 48.2 Å². The molecule has 0 bridgehead atoms. The monoisotopic (exact) mass is 283 g/mol. The first-order chi connectivity index (χ1) is 9.49. The molecule has 1 unspecified atom stereocenters. The summed E-state index contributed by atoms with van der Waals surface area (Å²) in [5, 5.41) is 12.0. The average molecular weight is 283 g/mol. The Morgan fingerprint density at radius 3 is 2.70 bits per heavy atom. The summed E-state index contributed by atoms with van der Waals surface area (Å²) in [4.78, 5) is 14.3. The van der Waals surface area contributed by atoms with Crippen molar-refractivity contribution in [3.8, 4) is 0 Å². The van der Waals surface area contributed by atoms with Crippen LogP contribution in [-0.2, 0) is 9.53 Å². The van der Waals surface area contributed by atoms with Gasteiger partial charge in [0.1, 0.15) is 5.41 Å². The van der Waals surface area contributed by atoms with E-state index in [4.69, 9.17) is 15.7 Å². The van der Waals surface area contributed by atoms with Crippen molar-refractivity contribution < 1.29 is 14.7 Å². The van der Waals surface area contributed by atoms with Gasteiger partial charge in [-0.15, -0.1) is 0 Å². The Labute approximate surface area is 119 Å². The smallest absolute Gasteiger partial charge is 0.236 e. The quantitative estimate of drug-likeness (QED) is 0.351. The number of amidine groups is 1. The van der Waals surface area contributed by atoms with Crippen molar-refractivity contribution in [2.24, 2.45) is 22.2 Å². The van der Waals surface area contributed by atoms with E-state index in [-0.39, 0.29) is 17.8 Å². The first-order valence-electron chi connectivity index (χ1n) is 7.35. The lowest BCUT2D eigenvalue weighted by Crippen LogP contribution is -2.58. The van der Waals surface area contributed by atoms with Gasteiger partial charge in [-0.05, 0) is 38.0 Å². The molecule has 20 heavy (non-hydrogen) atoms. The third-order valence-corrected chi connectivity index (χ3v) is 4.50. The fraction of sp³-hybridized carbons (Fsp3) is 0.857. The average Bonchev–Trinajstić information content (AvgIpc) is 2.43. The first kappa shape index (κ1) is 15.1. The molecule has 2 aliphatic rings. The molecule has 2 fully saturated rings. The van der Waals surface area contributed by atoms with Gasteiger partial charge < -0.3 is 20.6 Å². The van der Waals surface area contributed by atoms with Crippen LogP contribution in [0.5, 0.6) is 0 Å². The van der Waals surface area contributed by atoms with Gasteiger partial charge in [0.2, 0.25) is 5.91 Å². The van der Waals surface area contributed by atoms with Crippen LogP contribution < -0.4 is 5.73 Å². The number of hydrogen-bond donors (Lipinski definition) is 2. The topological polar surface area (TPSA) is 88.2 Å². The SMILES string of the molecule is CC1CC(C(=O)N(C)CC2CCCCO2)(C(N)=NO)C1. The van der Waals surface area contributed by atoms with Crippen LogP contribution in [0.4, 0.5) is 0 Å². The maximum Gasteiger partial charge on any atom is 0.236 e. The Morgan fingerprint density at radius 2 is 2.20 bits per heavy atom. The summed E-state index contributed by atoms with van der Waals surface area (Å²) in [5.74, 6) is 0.413. The summed E-state index contributed by atoms with van der Waals surface area (Å²) >= 11 is 0. The van der Waals surface area contributed by atoms with E-state index in [0.717, 1.165) is 25.9 Å². The largest absolute Gasteiger partial charge is 0.409 e. The molecule has 1 saturated carbocycles. The summed E-state index contributed by atoms with van der Waals surface area (Å²) in [7, 11) is 1.77. The van der Waals surface area contributed by atoms with Crippen molar-refractivity contribution >= 4 is 11.7 Å². The van der Waals surface area contributed by atoms with Gasteiger partial charge >= 0.3 is 0 Å². The Bertz CT molecular complexity index is 385. The van der Waals surface area contributed by atoms with E-state index in [1.807, 2.05) is 0 Å². The van der Waals surface area contributed by atoms with E-state index in [0.29, 0.717) is 25.3 Å². The minimum atomic E-state index is -0.808. The van der Waals surface area contributed by atoms with E-state index >= 15 is 0 Å². The lowest BCUT2D eigenvalue weighted by Gasteiger charge is -2.46. The number of oxime groups is 1. The second-order valence-electron chi connectivity index (χ2n) is 6.26. The van der Waals surface area contributed by atoms with Gasteiger partial charge in [-0.2, -0.15) is 0 Å².